The Balaban J connectivity index is 2.92. The van der Waals surface area contributed by atoms with Gasteiger partial charge in [-0.2, -0.15) is 0 Å². The molecule has 3 N–H and O–H groups in total. The molecule has 0 aliphatic rings. The molecule has 1 amide bonds. The number of carboxylic acid groups (broad SMARTS) is 1. The molecule has 0 fully saturated rings. The second kappa shape index (κ2) is 6.58. The van der Waals surface area contributed by atoms with E-state index in [4.69, 9.17) is 10.8 Å². The van der Waals surface area contributed by atoms with Gasteiger partial charge >= 0.3 is 5.97 Å². The normalized spacial score (nSPS) is 10.1. The maximum atomic E-state index is 11.0. The molecule has 1 heterocycles. The summed E-state index contributed by atoms with van der Waals surface area (Å²) >= 11 is 0. The summed E-state index contributed by atoms with van der Waals surface area (Å²) in [6.45, 7) is 2.69. The summed E-state index contributed by atoms with van der Waals surface area (Å²) in [5.74, 6) is -1.02. The van der Waals surface area contributed by atoms with E-state index in [9.17, 15) is 9.59 Å². The van der Waals surface area contributed by atoms with Crippen molar-refractivity contribution < 1.29 is 14.7 Å². The van der Waals surface area contributed by atoms with Gasteiger partial charge in [0, 0.05) is 12.7 Å². The quantitative estimate of drug-likeness (QED) is 0.749. The zero-order valence-corrected chi connectivity index (χ0v) is 10.3. The van der Waals surface area contributed by atoms with Crippen LogP contribution in [0.25, 0.3) is 0 Å². The van der Waals surface area contributed by atoms with Gasteiger partial charge in [0.2, 0.25) is 5.91 Å². The molecule has 0 saturated carbocycles. The first-order valence-electron chi connectivity index (χ1n) is 5.77. The Kier molecular flexibility index (Phi) is 5.10. The molecule has 1 aromatic rings. The van der Waals surface area contributed by atoms with Crippen LogP contribution < -0.4 is 10.6 Å². The number of carbonyl (C=O) groups excluding carboxylic acids is 1. The van der Waals surface area contributed by atoms with Gasteiger partial charge in [0.15, 0.2) is 0 Å². The highest BCUT2D eigenvalue weighted by Crippen LogP contribution is 2.13. The van der Waals surface area contributed by atoms with Crippen molar-refractivity contribution in [1.29, 1.82) is 0 Å². The van der Waals surface area contributed by atoms with Gasteiger partial charge in [-0.3, -0.25) is 4.79 Å². The first-order chi connectivity index (χ1) is 8.54. The van der Waals surface area contributed by atoms with Crippen LogP contribution in [-0.4, -0.2) is 35.1 Å². The molecule has 0 atom stereocenters. The molecular formula is C12H17N3O3. The lowest BCUT2D eigenvalue weighted by Crippen LogP contribution is -2.35. The Morgan fingerprint density at radius 3 is 2.78 bits per heavy atom. The lowest BCUT2D eigenvalue weighted by Gasteiger charge is -2.22. The highest BCUT2D eigenvalue weighted by molar-refractivity contribution is 5.88. The van der Waals surface area contributed by atoms with E-state index in [1.54, 1.807) is 4.90 Å². The molecule has 6 heteroatoms. The van der Waals surface area contributed by atoms with Crippen LogP contribution in [0.15, 0.2) is 18.3 Å². The molecule has 0 saturated heterocycles. The van der Waals surface area contributed by atoms with Crippen molar-refractivity contribution in [1.82, 2.24) is 4.98 Å². The lowest BCUT2D eigenvalue weighted by molar-refractivity contribution is -0.116. The van der Waals surface area contributed by atoms with E-state index in [1.165, 1.54) is 18.3 Å². The third-order valence-corrected chi connectivity index (χ3v) is 2.44. The number of aromatic carboxylic acids is 1. The van der Waals surface area contributed by atoms with Crippen LogP contribution in [0.2, 0.25) is 0 Å². The van der Waals surface area contributed by atoms with Gasteiger partial charge < -0.3 is 15.7 Å². The number of hydrogen-bond donors (Lipinski definition) is 2. The van der Waals surface area contributed by atoms with Crippen LogP contribution in [0.4, 0.5) is 5.82 Å². The molecular weight excluding hydrogens is 234 g/mol. The topological polar surface area (TPSA) is 96.5 Å². The van der Waals surface area contributed by atoms with Crippen LogP contribution >= 0.6 is 0 Å². The highest BCUT2D eigenvalue weighted by atomic mass is 16.4. The second-order valence-corrected chi connectivity index (χ2v) is 3.95. The number of pyridine rings is 1. The zero-order valence-electron chi connectivity index (χ0n) is 10.3. The lowest BCUT2D eigenvalue weighted by atomic mass is 10.2. The average Bonchev–Trinajstić information content (AvgIpc) is 2.34. The maximum absolute atomic E-state index is 11.0. The summed E-state index contributed by atoms with van der Waals surface area (Å²) in [4.78, 5) is 27.7. The van der Waals surface area contributed by atoms with E-state index in [1.807, 2.05) is 6.92 Å². The molecule has 0 bridgehead atoms. The molecule has 0 spiro atoms. The van der Waals surface area contributed by atoms with Crippen molar-refractivity contribution in [3.05, 3.63) is 23.9 Å². The minimum Gasteiger partial charge on any atom is -0.478 e. The molecule has 0 unspecified atom stereocenters. The Morgan fingerprint density at radius 1 is 1.50 bits per heavy atom. The smallest absolute Gasteiger partial charge is 0.335 e. The second-order valence-electron chi connectivity index (χ2n) is 3.95. The van der Waals surface area contributed by atoms with Crippen LogP contribution in [0.3, 0.4) is 0 Å². The fourth-order valence-corrected chi connectivity index (χ4v) is 1.54. The summed E-state index contributed by atoms with van der Waals surface area (Å²) in [6.07, 6.45) is 3.26. The number of nitrogens with zero attached hydrogens (tertiary/aromatic N) is 2. The molecule has 1 rings (SSSR count). The van der Waals surface area contributed by atoms with Crippen LogP contribution in [0.1, 0.15) is 30.1 Å². The number of hydrogen-bond acceptors (Lipinski definition) is 4. The number of rotatable bonds is 7. The molecule has 1 aromatic heterocycles. The van der Waals surface area contributed by atoms with Crippen molar-refractivity contribution in [3.63, 3.8) is 0 Å². The molecule has 0 aliphatic carbocycles. The third-order valence-electron chi connectivity index (χ3n) is 2.44. The molecule has 0 radical (unpaired) electrons. The van der Waals surface area contributed by atoms with Gasteiger partial charge in [0.05, 0.1) is 12.1 Å². The molecule has 0 aromatic carbocycles. The van der Waals surface area contributed by atoms with Crippen LogP contribution in [0.5, 0.6) is 0 Å². The summed E-state index contributed by atoms with van der Waals surface area (Å²) in [7, 11) is 0. The number of carboxylic acids is 1. The number of anilines is 1. The van der Waals surface area contributed by atoms with Crippen molar-refractivity contribution in [3.8, 4) is 0 Å². The molecule has 98 valence electrons. The average molecular weight is 251 g/mol. The molecule has 0 aliphatic heterocycles. The van der Waals surface area contributed by atoms with Gasteiger partial charge in [0.1, 0.15) is 5.82 Å². The Hall–Kier alpha value is -2.11. The Bertz CT molecular complexity index is 434. The number of carbonyl (C=O) groups is 2. The van der Waals surface area contributed by atoms with E-state index in [0.717, 1.165) is 12.8 Å². The predicted molar refractivity (Wildman–Crippen MR) is 67.5 cm³/mol. The van der Waals surface area contributed by atoms with Gasteiger partial charge in [-0.25, -0.2) is 9.78 Å². The number of aromatic nitrogens is 1. The highest BCUT2D eigenvalue weighted by Gasteiger charge is 2.12. The summed E-state index contributed by atoms with van der Waals surface area (Å²) in [5.41, 5.74) is 5.32. The Labute approximate surface area is 105 Å². The third kappa shape index (κ3) is 4.04. The minimum atomic E-state index is -1.02. The zero-order chi connectivity index (χ0) is 13.5. The standard InChI is InChI=1S/C12H17N3O3/c1-2-3-6-15(8-10(13)16)11-7-9(12(17)18)4-5-14-11/h4-5,7H,2-3,6,8H2,1H3,(H2,13,16)(H,17,18). The number of primary amides is 1. The number of nitrogens with two attached hydrogens (primary N) is 1. The van der Waals surface area contributed by atoms with E-state index < -0.39 is 11.9 Å². The number of unbranched alkanes of at least 4 members (excludes halogenated alkanes) is 1. The maximum Gasteiger partial charge on any atom is 0.335 e. The summed E-state index contributed by atoms with van der Waals surface area (Å²) in [5, 5.41) is 8.91. The van der Waals surface area contributed by atoms with Crippen LogP contribution in [-0.2, 0) is 4.79 Å². The van der Waals surface area contributed by atoms with Crippen molar-refractivity contribution >= 4 is 17.7 Å². The predicted octanol–water partition coefficient (Wildman–Crippen LogP) is 0.872. The van der Waals surface area contributed by atoms with Crippen LogP contribution in [0, 0.1) is 0 Å². The largest absolute Gasteiger partial charge is 0.478 e. The van der Waals surface area contributed by atoms with Gasteiger partial charge in [0.25, 0.3) is 0 Å². The summed E-state index contributed by atoms with van der Waals surface area (Å²) in [6, 6.07) is 2.86. The van der Waals surface area contributed by atoms with E-state index in [-0.39, 0.29) is 12.1 Å². The molecule has 18 heavy (non-hydrogen) atoms. The van der Waals surface area contributed by atoms with E-state index >= 15 is 0 Å². The summed E-state index contributed by atoms with van der Waals surface area (Å²) < 4.78 is 0. The monoisotopic (exact) mass is 251 g/mol. The number of amides is 1. The van der Waals surface area contributed by atoms with Crippen molar-refractivity contribution in [2.45, 2.75) is 19.8 Å². The molecule has 6 nitrogen and oxygen atoms in total. The fourth-order valence-electron chi connectivity index (χ4n) is 1.54. The first-order valence-corrected chi connectivity index (χ1v) is 5.77. The van der Waals surface area contributed by atoms with Crippen molar-refractivity contribution in [2.75, 3.05) is 18.0 Å². The first kappa shape index (κ1) is 14.0. The minimum absolute atomic E-state index is 0.0378. The SMILES string of the molecule is CCCCN(CC(N)=O)c1cc(C(=O)O)ccn1. The van der Waals surface area contributed by atoms with Gasteiger partial charge in [-0.05, 0) is 18.6 Å². The van der Waals surface area contributed by atoms with Gasteiger partial charge in [-0.1, -0.05) is 13.3 Å². The van der Waals surface area contributed by atoms with E-state index in [0.29, 0.717) is 12.4 Å². The Morgan fingerprint density at radius 2 is 2.22 bits per heavy atom. The van der Waals surface area contributed by atoms with Gasteiger partial charge in [-0.15, -0.1) is 0 Å². The van der Waals surface area contributed by atoms with Crippen molar-refractivity contribution in [2.24, 2.45) is 5.73 Å². The fraction of sp³-hybridized carbons (Fsp3) is 0.417. The van der Waals surface area contributed by atoms with E-state index in [2.05, 4.69) is 4.98 Å².